The van der Waals surface area contributed by atoms with Crippen LogP contribution in [-0.4, -0.2) is 51.1 Å². The molecular weight excluding hydrogens is 244 g/mol. The van der Waals surface area contributed by atoms with Crippen molar-refractivity contribution in [1.29, 1.82) is 0 Å². The fraction of sp³-hybridized carbons (Fsp3) is 0.615. The van der Waals surface area contributed by atoms with Crippen LogP contribution in [0.5, 0.6) is 0 Å². The first kappa shape index (κ1) is 13.9. The van der Waals surface area contributed by atoms with Gasteiger partial charge in [-0.05, 0) is 38.8 Å². The molecule has 1 saturated heterocycles. The molecule has 6 heteroatoms. The van der Waals surface area contributed by atoms with E-state index >= 15 is 0 Å². The molecule has 0 aliphatic carbocycles. The minimum atomic E-state index is -0.603. The topological polar surface area (TPSA) is 78.4 Å². The van der Waals surface area contributed by atoms with Gasteiger partial charge < -0.3 is 5.11 Å². The van der Waals surface area contributed by atoms with Crippen molar-refractivity contribution in [3.8, 4) is 0 Å². The number of anilines is 1. The van der Waals surface area contributed by atoms with E-state index in [1.54, 1.807) is 18.5 Å². The zero-order valence-electron chi connectivity index (χ0n) is 11.2. The van der Waals surface area contributed by atoms with E-state index in [1.165, 1.54) is 0 Å². The molecular formula is C13H20N4O2. The SMILES string of the molecule is CC1(O)CCCN(CC(=O)Nc2ncccn2)CC1. The van der Waals surface area contributed by atoms with Crippen LogP contribution in [0.1, 0.15) is 26.2 Å². The van der Waals surface area contributed by atoms with E-state index < -0.39 is 5.60 Å². The van der Waals surface area contributed by atoms with E-state index in [-0.39, 0.29) is 5.91 Å². The van der Waals surface area contributed by atoms with Crippen LogP contribution in [0.2, 0.25) is 0 Å². The summed E-state index contributed by atoms with van der Waals surface area (Å²) in [5.74, 6) is 0.210. The van der Waals surface area contributed by atoms with E-state index in [0.717, 1.165) is 25.9 Å². The molecule has 1 aromatic rings. The van der Waals surface area contributed by atoms with Crippen LogP contribution in [-0.2, 0) is 4.79 Å². The monoisotopic (exact) mass is 264 g/mol. The Kier molecular flexibility index (Phi) is 4.44. The van der Waals surface area contributed by atoms with Crippen molar-refractivity contribution in [3.63, 3.8) is 0 Å². The van der Waals surface area contributed by atoms with Gasteiger partial charge in [-0.2, -0.15) is 0 Å². The fourth-order valence-electron chi connectivity index (χ4n) is 2.21. The van der Waals surface area contributed by atoms with Gasteiger partial charge in [0.15, 0.2) is 0 Å². The van der Waals surface area contributed by atoms with Crippen molar-refractivity contribution in [2.75, 3.05) is 25.0 Å². The Morgan fingerprint density at radius 1 is 1.42 bits per heavy atom. The van der Waals surface area contributed by atoms with E-state index in [0.29, 0.717) is 18.9 Å². The predicted molar refractivity (Wildman–Crippen MR) is 71.6 cm³/mol. The summed E-state index contributed by atoms with van der Waals surface area (Å²) in [6.07, 6.45) is 5.56. The molecule has 6 nitrogen and oxygen atoms in total. The molecule has 104 valence electrons. The van der Waals surface area contributed by atoms with Crippen LogP contribution in [0, 0.1) is 0 Å². The molecule has 2 heterocycles. The minimum absolute atomic E-state index is 0.118. The van der Waals surface area contributed by atoms with Crippen LogP contribution >= 0.6 is 0 Å². The average molecular weight is 264 g/mol. The maximum Gasteiger partial charge on any atom is 0.240 e. The molecule has 1 unspecified atom stereocenters. The van der Waals surface area contributed by atoms with Gasteiger partial charge in [0.25, 0.3) is 0 Å². The van der Waals surface area contributed by atoms with Gasteiger partial charge >= 0.3 is 0 Å². The predicted octanol–water partition coefficient (Wildman–Crippen LogP) is 0.652. The molecule has 1 aliphatic heterocycles. The second kappa shape index (κ2) is 6.08. The van der Waals surface area contributed by atoms with Crippen LogP contribution in [0.3, 0.4) is 0 Å². The molecule has 0 spiro atoms. The third-order valence-electron chi connectivity index (χ3n) is 3.34. The van der Waals surface area contributed by atoms with Crippen LogP contribution in [0.4, 0.5) is 5.95 Å². The molecule has 0 aromatic carbocycles. The average Bonchev–Trinajstić information content (AvgIpc) is 2.52. The summed E-state index contributed by atoms with van der Waals surface area (Å²) >= 11 is 0. The largest absolute Gasteiger partial charge is 0.390 e. The molecule has 1 atom stereocenters. The zero-order valence-corrected chi connectivity index (χ0v) is 11.2. The Bertz CT molecular complexity index is 422. The van der Waals surface area contributed by atoms with E-state index in [4.69, 9.17) is 0 Å². The number of likely N-dealkylation sites (tertiary alicyclic amines) is 1. The highest BCUT2D eigenvalue weighted by atomic mass is 16.3. The lowest BCUT2D eigenvalue weighted by Gasteiger charge is -2.21. The summed E-state index contributed by atoms with van der Waals surface area (Å²) in [5, 5.41) is 12.7. The molecule has 19 heavy (non-hydrogen) atoms. The number of aliphatic hydroxyl groups is 1. The molecule has 2 rings (SSSR count). The summed E-state index contributed by atoms with van der Waals surface area (Å²) in [7, 11) is 0. The van der Waals surface area contributed by atoms with Crippen LogP contribution < -0.4 is 5.32 Å². The lowest BCUT2D eigenvalue weighted by atomic mass is 9.98. The summed E-state index contributed by atoms with van der Waals surface area (Å²) in [5.41, 5.74) is -0.603. The van der Waals surface area contributed by atoms with Crippen molar-refractivity contribution in [2.45, 2.75) is 31.8 Å². The Morgan fingerprint density at radius 2 is 2.16 bits per heavy atom. The number of amides is 1. The van der Waals surface area contributed by atoms with Gasteiger partial charge in [-0.1, -0.05) is 0 Å². The second-order valence-corrected chi connectivity index (χ2v) is 5.25. The van der Waals surface area contributed by atoms with Crippen LogP contribution in [0.25, 0.3) is 0 Å². The highest BCUT2D eigenvalue weighted by molar-refractivity contribution is 5.90. The molecule has 1 amide bonds. The van der Waals surface area contributed by atoms with Crippen LogP contribution in [0.15, 0.2) is 18.5 Å². The Morgan fingerprint density at radius 3 is 2.89 bits per heavy atom. The normalized spacial score (nSPS) is 24.7. The quantitative estimate of drug-likeness (QED) is 0.838. The van der Waals surface area contributed by atoms with Gasteiger partial charge in [-0.3, -0.25) is 15.0 Å². The number of hydrogen-bond acceptors (Lipinski definition) is 5. The zero-order chi connectivity index (χ0) is 13.7. The number of carbonyl (C=O) groups is 1. The summed E-state index contributed by atoms with van der Waals surface area (Å²) in [6, 6.07) is 1.70. The summed E-state index contributed by atoms with van der Waals surface area (Å²) in [6.45, 7) is 3.73. The molecule has 1 aliphatic rings. The minimum Gasteiger partial charge on any atom is -0.390 e. The third-order valence-corrected chi connectivity index (χ3v) is 3.34. The van der Waals surface area contributed by atoms with Gasteiger partial charge in [0.1, 0.15) is 0 Å². The molecule has 1 aromatic heterocycles. The van der Waals surface area contributed by atoms with Gasteiger partial charge in [0, 0.05) is 18.9 Å². The van der Waals surface area contributed by atoms with Gasteiger partial charge in [0.2, 0.25) is 11.9 Å². The van der Waals surface area contributed by atoms with Gasteiger partial charge in [-0.25, -0.2) is 9.97 Å². The Labute approximate surface area is 112 Å². The lowest BCUT2D eigenvalue weighted by Crippen LogP contribution is -2.35. The molecule has 0 bridgehead atoms. The van der Waals surface area contributed by atoms with E-state index in [2.05, 4.69) is 20.2 Å². The standard InChI is InChI=1S/C13H20N4O2/c1-13(19)4-2-8-17(9-5-13)10-11(18)16-12-14-6-3-7-15-12/h3,6-7,19H,2,4-5,8-10H2,1H3,(H,14,15,16,18). The first-order valence-corrected chi connectivity index (χ1v) is 6.57. The molecule has 0 saturated carbocycles. The van der Waals surface area contributed by atoms with E-state index in [9.17, 15) is 9.90 Å². The number of nitrogens with zero attached hydrogens (tertiary/aromatic N) is 3. The van der Waals surface area contributed by atoms with Gasteiger partial charge in [-0.15, -0.1) is 0 Å². The molecule has 1 fully saturated rings. The number of hydrogen-bond donors (Lipinski definition) is 2. The fourth-order valence-corrected chi connectivity index (χ4v) is 2.21. The second-order valence-electron chi connectivity index (χ2n) is 5.25. The van der Waals surface area contributed by atoms with Crippen molar-refractivity contribution >= 4 is 11.9 Å². The van der Waals surface area contributed by atoms with Gasteiger partial charge in [0.05, 0.1) is 12.1 Å². The number of carbonyl (C=O) groups excluding carboxylic acids is 1. The Hall–Kier alpha value is -1.53. The lowest BCUT2D eigenvalue weighted by molar-refractivity contribution is -0.117. The first-order valence-electron chi connectivity index (χ1n) is 6.57. The van der Waals surface area contributed by atoms with Crippen molar-refractivity contribution in [1.82, 2.24) is 14.9 Å². The first-order chi connectivity index (χ1) is 9.05. The van der Waals surface area contributed by atoms with E-state index in [1.807, 2.05) is 6.92 Å². The molecule has 0 radical (unpaired) electrons. The summed E-state index contributed by atoms with van der Waals surface area (Å²) < 4.78 is 0. The number of nitrogens with one attached hydrogen (secondary N) is 1. The smallest absolute Gasteiger partial charge is 0.240 e. The third kappa shape index (κ3) is 4.57. The van der Waals surface area contributed by atoms with Crippen molar-refractivity contribution < 1.29 is 9.90 Å². The number of rotatable bonds is 3. The molecule has 2 N–H and O–H groups in total. The Balaban J connectivity index is 1.82. The maximum atomic E-state index is 11.9. The van der Waals surface area contributed by atoms with Crippen molar-refractivity contribution in [3.05, 3.63) is 18.5 Å². The van der Waals surface area contributed by atoms with Crippen molar-refractivity contribution in [2.24, 2.45) is 0 Å². The maximum absolute atomic E-state index is 11.9. The summed E-state index contributed by atoms with van der Waals surface area (Å²) in [4.78, 5) is 21.8. The number of aromatic nitrogens is 2. The highest BCUT2D eigenvalue weighted by Gasteiger charge is 2.25. The highest BCUT2D eigenvalue weighted by Crippen LogP contribution is 2.21.